The van der Waals surface area contributed by atoms with Crippen LogP contribution in [0.5, 0.6) is 11.5 Å². The largest absolute Gasteiger partial charge is 0.462 e. The van der Waals surface area contributed by atoms with Crippen molar-refractivity contribution in [2.24, 2.45) is 0 Å². The van der Waals surface area contributed by atoms with Gasteiger partial charge in [0.2, 0.25) is 0 Å². The number of carbonyl (C=O) groups excluding carboxylic acids is 2. The molecule has 2 aliphatic heterocycles. The lowest BCUT2D eigenvalue weighted by atomic mass is 9.85. The number of para-hydroxylation sites is 1. The average molecular weight is 564 g/mol. The van der Waals surface area contributed by atoms with E-state index in [9.17, 15) is 9.59 Å². The summed E-state index contributed by atoms with van der Waals surface area (Å²) in [5.74, 6) is 1.09. The molecule has 1 spiro atoms. The van der Waals surface area contributed by atoms with Crippen LogP contribution in [0.25, 0.3) is 11.3 Å². The fourth-order valence-corrected chi connectivity index (χ4v) is 6.49. The van der Waals surface area contributed by atoms with E-state index in [1.165, 1.54) is 11.3 Å². The molecule has 0 N–H and O–H groups in total. The van der Waals surface area contributed by atoms with Crippen LogP contribution in [0.1, 0.15) is 63.0 Å². The van der Waals surface area contributed by atoms with Crippen molar-refractivity contribution >= 4 is 28.5 Å². The maximum Gasteiger partial charge on any atom is 0.410 e. The summed E-state index contributed by atoms with van der Waals surface area (Å²) in [6.45, 7) is 10.0. The lowest BCUT2D eigenvalue weighted by molar-refractivity contribution is 0.00320. The highest BCUT2D eigenvalue weighted by Gasteiger charge is 2.47. The molecular formula is C31H37N3O5S. The molecule has 0 unspecified atom stereocenters. The zero-order valence-electron chi connectivity index (χ0n) is 23.6. The van der Waals surface area contributed by atoms with Crippen LogP contribution >= 0.6 is 11.3 Å². The predicted molar refractivity (Wildman–Crippen MR) is 156 cm³/mol. The van der Waals surface area contributed by atoms with Crippen molar-refractivity contribution in [1.82, 2.24) is 9.88 Å². The average Bonchev–Trinajstić information content (AvgIpc) is 3.55. The number of esters is 1. The Hall–Kier alpha value is -3.59. The monoisotopic (exact) mass is 563 g/mol. The molecule has 0 atom stereocenters. The van der Waals surface area contributed by atoms with Crippen LogP contribution in [0, 0.1) is 0 Å². The Kier molecular flexibility index (Phi) is 8.03. The number of likely N-dealkylation sites (tertiary alicyclic amines) is 1. The Morgan fingerprint density at radius 1 is 0.950 bits per heavy atom. The van der Waals surface area contributed by atoms with Crippen LogP contribution in [-0.4, -0.2) is 59.3 Å². The molecule has 0 saturated carbocycles. The molecule has 40 heavy (non-hydrogen) atoms. The van der Waals surface area contributed by atoms with E-state index < -0.39 is 5.60 Å². The number of thiazole rings is 1. The molecule has 3 heterocycles. The van der Waals surface area contributed by atoms with Gasteiger partial charge < -0.3 is 24.0 Å². The molecule has 9 heteroatoms. The summed E-state index contributed by atoms with van der Waals surface area (Å²) < 4.78 is 17.0. The molecule has 8 nitrogen and oxygen atoms in total. The summed E-state index contributed by atoms with van der Waals surface area (Å²) >= 11 is 1.37. The molecule has 3 aromatic rings. The van der Waals surface area contributed by atoms with E-state index >= 15 is 0 Å². The van der Waals surface area contributed by atoms with Crippen LogP contribution < -0.4 is 9.64 Å². The predicted octanol–water partition coefficient (Wildman–Crippen LogP) is 7.15. The number of hydrogen-bond acceptors (Lipinski definition) is 8. The second-order valence-electron chi connectivity index (χ2n) is 11.3. The number of nitrogens with zero attached hydrogens (tertiary/aromatic N) is 3. The number of benzene rings is 2. The SMILES string of the molecule is CCOC(=O)c1sc(N2CCC3(CCCN3C(=O)OC(C)(C)C)CC2)nc1-c1ccc(Oc2ccccc2)cc1. The van der Waals surface area contributed by atoms with Crippen LogP contribution in [0.15, 0.2) is 54.6 Å². The Bertz CT molecular complexity index is 1330. The minimum absolute atomic E-state index is 0.183. The third-order valence-corrected chi connectivity index (χ3v) is 8.45. The first-order chi connectivity index (χ1) is 19.2. The quantitative estimate of drug-likeness (QED) is 0.295. The van der Waals surface area contributed by atoms with Crippen molar-refractivity contribution in [2.45, 2.75) is 64.5 Å². The molecule has 5 rings (SSSR count). The normalized spacial score (nSPS) is 16.7. The lowest BCUT2D eigenvalue weighted by Gasteiger charge is -2.45. The summed E-state index contributed by atoms with van der Waals surface area (Å²) in [5.41, 5.74) is 0.735. The van der Waals surface area contributed by atoms with Crippen LogP contribution in [0.3, 0.4) is 0 Å². The van der Waals surface area contributed by atoms with E-state index in [0.29, 0.717) is 22.9 Å². The van der Waals surface area contributed by atoms with E-state index in [2.05, 4.69) is 4.90 Å². The molecule has 212 valence electrons. The van der Waals surface area contributed by atoms with Gasteiger partial charge in [0, 0.05) is 30.7 Å². The second-order valence-corrected chi connectivity index (χ2v) is 12.3. The van der Waals surface area contributed by atoms with E-state index in [0.717, 1.165) is 61.8 Å². The summed E-state index contributed by atoms with van der Waals surface area (Å²) in [7, 11) is 0. The first-order valence-corrected chi connectivity index (χ1v) is 14.8. The first-order valence-electron chi connectivity index (χ1n) is 13.9. The topological polar surface area (TPSA) is 81.2 Å². The van der Waals surface area contributed by atoms with Gasteiger partial charge in [-0.15, -0.1) is 0 Å². The van der Waals surface area contributed by atoms with Crippen molar-refractivity contribution in [3.8, 4) is 22.8 Å². The van der Waals surface area contributed by atoms with Crippen LogP contribution in [-0.2, 0) is 9.47 Å². The molecule has 2 aromatic carbocycles. The van der Waals surface area contributed by atoms with Crippen LogP contribution in [0.2, 0.25) is 0 Å². The molecule has 0 radical (unpaired) electrons. The highest BCUT2D eigenvalue weighted by Crippen LogP contribution is 2.42. The van der Waals surface area contributed by atoms with Gasteiger partial charge in [0.05, 0.1) is 12.3 Å². The van der Waals surface area contributed by atoms with Gasteiger partial charge in [0.15, 0.2) is 5.13 Å². The van der Waals surface area contributed by atoms with Gasteiger partial charge in [-0.1, -0.05) is 29.5 Å². The van der Waals surface area contributed by atoms with Crippen molar-refractivity contribution in [3.63, 3.8) is 0 Å². The van der Waals surface area contributed by atoms with Gasteiger partial charge in [-0.2, -0.15) is 0 Å². The molecule has 2 saturated heterocycles. The second kappa shape index (κ2) is 11.5. The number of amides is 1. The fraction of sp³-hybridized carbons (Fsp3) is 0.452. The van der Waals surface area contributed by atoms with Crippen molar-refractivity contribution in [2.75, 3.05) is 31.1 Å². The highest BCUT2D eigenvalue weighted by molar-refractivity contribution is 7.17. The van der Waals surface area contributed by atoms with Crippen molar-refractivity contribution in [1.29, 1.82) is 0 Å². The Labute approximate surface area is 239 Å². The van der Waals surface area contributed by atoms with Gasteiger partial charge in [-0.3, -0.25) is 0 Å². The summed E-state index contributed by atoms with van der Waals surface area (Å²) in [5, 5.41) is 0.791. The molecule has 1 amide bonds. The summed E-state index contributed by atoms with van der Waals surface area (Å²) in [4.78, 5) is 35.5. The van der Waals surface area contributed by atoms with Crippen LogP contribution in [0.4, 0.5) is 9.93 Å². The Balaban J connectivity index is 1.34. The molecular weight excluding hydrogens is 526 g/mol. The maximum absolute atomic E-state index is 13.0. The number of carbonyl (C=O) groups is 2. The highest BCUT2D eigenvalue weighted by atomic mass is 32.1. The van der Waals surface area contributed by atoms with Gasteiger partial charge in [-0.25, -0.2) is 14.6 Å². The van der Waals surface area contributed by atoms with Gasteiger partial charge >= 0.3 is 12.1 Å². The maximum atomic E-state index is 13.0. The smallest absolute Gasteiger partial charge is 0.410 e. The fourth-order valence-electron chi connectivity index (χ4n) is 5.45. The van der Waals surface area contributed by atoms with Gasteiger partial charge in [0.1, 0.15) is 22.0 Å². The minimum Gasteiger partial charge on any atom is -0.462 e. The van der Waals surface area contributed by atoms with E-state index in [4.69, 9.17) is 19.2 Å². The number of piperidine rings is 1. The standard InChI is InChI=1S/C31H37N3O5S/c1-5-37-27(35)26-25(22-12-14-24(15-13-22)38-23-10-7-6-8-11-23)32-28(40-26)33-20-17-31(18-21-33)16-9-19-34(31)29(36)39-30(2,3)4/h6-8,10-15H,5,9,16-21H2,1-4H3. The third-order valence-electron chi connectivity index (χ3n) is 7.36. The first kappa shape index (κ1) is 28.0. The zero-order chi connectivity index (χ0) is 28.3. The van der Waals surface area contributed by atoms with E-state index in [1.807, 2.05) is 80.3 Å². The minimum atomic E-state index is -0.520. The summed E-state index contributed by atoms with van der Waals surface area (Å²) in [6.07, 6.45) is 3.41. The Morgan fingerprint density at radius 2 is 1.62 bits per heavy atom. The van der Waals surface area contributed by atoms with Gasteiger partial charge in [0.25, 0.3) is 0 Å². The molecule has 2 fully saturated rings. The zero-order valence-corrected chi connectivity index (χ0v) is 24.5. The Morgan fingerprint density at radius 3 is 2.27 bits per heavy atom. The van der Waals surface area contributed by atoms with E-state index in [1.54, 1.807) is 6.92 Å². The number of ether oxygens (including phenoxy) is 3. The van der Waals surface area contributed by atoms with E-state index in [-0.39, 0.29) is 17.6 Å². The van der Waals surface area contributed by atoms with Gasteiger partial charge in [-0.05, 0) is 89.8 Å². The number of rotatable bonds is 6. The number of aromatic nitrogens is 1. The molecule has 2 aliphatic rings. The van der Waals surface area contributed by atoms with Crippen molar-refractivity contribution in [3.05, 3.63) is 59.5 Å². The number of hydrogen-bond donors (Lipinski definition) is 0. The lowest BCUT2D eigenvalue weighted by Crippen LogP contribution is -2.55. The van der Waals surface area contributed by atoms with Crippen molar-refractivity contribution < 1.29 is 23.8 Å². The molecule has 0 bridgehead atoms. The number of anilines is 1. The molecule has 0 aliphatic carbocycles. The summed E-state index contributed by atoms with van der Waals surface area (Å²) in [6, 6.07) is 17.2. The molecule has 1 aromatic heterocycles. The third kappa shape index (κ3) is 6.09.